The van der Waals surface area contributed by atoms with Crippen molar-refractivity contribution < 1.29 is 9.95 Å². The number of oxime groups is 1. The lowest BCUT2D eigenvalue weighted by Crippen LogP contribution is -2.33. The number of fused-ring (bicyclic) bond motifs is 1. The van der Waals surface area contributed by atoms with Gasteiger partial charge in [0, 0.05) is 20.3 Å². The Balaban J connectivity index is 2.51. The molecule has 0 radical (unpaired) electrons. The molecule has 0 spiro atoms. The highest BCUT2D eigenvalue weighted by Gasteiger charge is 2.42. The Morgan fingerprint density at radius 3 is 2.86 bits per heavy atom. The van der Waals surface area contributed by atoms with Crippen LogP contribution in [0.25, 0.3) is 0 Å². The molecular weight excluding hydrogens is 182 g/mol. The SMILES string of the molecule is CC1(C)N=C2C(=[N+]1[O-])CCC/C2=N\O. The van der Waals surface area contributed by atoms with E-state index in [1.165, 1.54) is 0 Å². The lowest BCUT2D eigenvalue weighted by Gasteiger charge is -2.16. The van der Waals surface area contributed by atoms with Crippen LogP contribution in [0.2, 0.25) is 0 Å². The normalized spacial score (nSPS) is 27.9. The van der Waals surface area contributed by atoms with E-state index < -0.39 is 5.66 Å². The molecule has 1 saturated carbocycles. The summed E-state index contributed by atoms with van der Waals surface area (Å²) in [6, 6.07) is 0. The minimum atomic E-state index is -0.745. The summed E-state index contributed by atoms with van der Waals surface area (Å²) in [5.41, 5.74) is 1.05. The van der Waals surface area contributed by atoms with E-state index >= 15 is 0 Å². The third-order valence-corrected chi connectivity index (χ3v) is 2.62. The molecule has 0 saturated heterocycles. The summed E-state index contributed by atoms with van der Waals surface area (Å²) in [5.74, 6) is 0. The zero-order valence-electron chi connectivity index (χ0n) is 8.32. The average molecular weight is 195 g/mol. The fourth-order valence-electron chi connectivity index (χ4n) is 1.90. The van der Waals surface area contributed by atoms with E-state index in [1.807, 2.05) is 0 Å². The van der Waals surface area contributed by atoms with E-state index in [1.54, 1.807) is 13.8 Å². The predicted molar refractivity (Wildman–Crippen MR) is 53.2 cm³/mol. The summed E-state index contributed by atoms with van der Waals surface area (Å²) in [4.78, 5) is 4.28. The number of hydrogen-bond donors (Lipinski definition) is 1. The Morgan fingerprint density at radius 1 is 1.50 bits per heavy atom. The average Bonchev–Trinajstić information content (AvgIpc) is 2.38. The Labute approximate surface area is 82.0 Å². The zero-order valence-corrected chi connectivity index (χ0v) is 8.32. The first-order valence-corrected chi connectivity index (χ1v) is 4.71. The van der Waals surface area contributed by atoms with Crippen LogP contribution in [-0.2, 0) is 0 Å². The first-order valence-electron chi connectivity index (χ1n) is 4.71. The lowest BCUT2D eigenvalue weighted by atomic mass is 9.95. The second kappa shape index (κ2) is 2.80. The Bertz CT molecular complexity index is 366. The molecule has 2 aliphatic rings. The first-order chi connectivity index (χ1) is 6.56. The maximum atomic E-state index is 11.8. The summed E-state index contributed by atoms with van der Waals surface area (Å²) >= 11 is 0. The molecule has 76 valence electrons. The van der Waals surface area contributed by atoms with Crippen molar-refractivity contribution in [3.05, 3.63) is 5.21 Å². The fraction of sp³-hybridized carbons (Fsp3) is 0.667. The lowest BCUT2D eigenvalue weighted by molar-refractivity contribution is -0.533. The topological polar surface area (TPSA) is 71.0 Å². The fourth-order valence-corrected chi connectivity index (χ4v) is 1.90. The van der Waals surface area contributed by atoms with Gasteiger partial charge in [-0.25, -0.2) is 4.99 Å². The molecule has 2 rings (SSSR count). The van der Waals surface area contributed by atoms with Gasteiger partial charge >= 0.3 is 0 Å². The maximum Gasteiger partial charge on any atom is 0.260 e. The third kappa shape index (κ3) is 1.12. The molecule has 1 aliphatic carbocycles. The first kappa shape index (κ1) is 9.18. The molecule has 14 heavy (non-hydrogen) atoms. The van der Waals surface area contributed by atoms with Crippen molar-refractivity contribution in [3.8, 4) is 0 Å². The van der Waals surface area contributed by atoms with Crippen molar-refractivity contribution in [2.45, 2.75) is 38.8 Å². The molecule has 0 aromatic heterocycles. The van der Waals surface area contributed by atoms with E-state index in [-0.39, 0.29) is 0 Å². The Hall–Kier alpha value is -1.39. The highest BCUT2D eigenvalue weighted by atomic mass is 16.5. The monoisotopic (exact) mass is 195 g/mol. The van der Waals surface area contributed by atoms with Crippen molar-refractivity contribution in [3.63, 3.8) is 0 Å². The number of hydroxylamine groups is 1. The molecule has 5 nitrogen and oxygen atoms in total. The molecule has 0 aromatic carbocycles. The van der Waals surface area contributed by atoms with Gasteiger partial charge in [0.05, 0.1) is 0 Å². The maximum absolute atomic E-state index is 11.8. The summed E-state index contributed by atoms with van der Waals surface area (Å²) in [7, 11) is 0. The van der Waals surface area contributed by atoms with Crippen LogP contribution in [0.1, 0.15) is 33.1 Å². The van der Waals surface area contributed by atoms with Gasteiger partial charge in [0.25, 0.3) is 5.66 Å². The van der Waals surface area contributed by atoms with Crippen molar-refractivity contribution in [1.82, 2.24) is 0 Å². The van der Waals surface area contributed by atoms with Gasteiger partial charge in [-0.05, 0) is 12.8 Å². The quantitative estimate of drug-likeness (QED) is 0.272. The predicted octanol–water partition coefficient (Wildman–Crippen LogP) is 1.14. The smallest absolute Gasteiger partial charge is 0.260 e. The van der Waals surface area contributed by atoms with E-state index in [0.29, 0.717) is 23.6 Å². The van der Waals surface area contributed by atoms with Crippen LogP contribution in [0.5, 0.6) is 0 Å². The summed E-state index contributed by atoms with van der Waals surface area (Å²) in [6.45, 7) is 3.51. The second-order valence-corrected chi connectivity index (χ2v) is 4.10. The van der Waals surface area contributed by atoms with Crippen molar-refractivity contribution >= 4 is 17.1 Å². The molecule has 0 aromatic rings. The van der Waals surface area contributed by atoms with Gasteiger partial charge in [-0.1, -0.05) is 5.16 Å². The summed E-state index contributed by atoms with van der Waals surface area (Å²) < 4.78 is 0.923. The molecule has 0 bridgehead atoms. The molecule has 0 unspecified atom stereocenters. The Morgan fingerprint density at radius 2 is 2.21 bits per heavy atom. The number of hydrogen-bond acceptors (Lipinski definition) is 4. The summed E-state index contributed by atoms with van der Waals surface area (Å²) in [6.07, 6.45) is 2.27. The molecule has 1 heterocycles. The number of rotatable bonds is 0. The van der Waals surface area contributed by atoms with Gasteiger partial charge in [-0.15, -0.1) is 0 Å². The van der Waals surface area contributed by atoms with E-state index in [2.05, 4.69) is 10.1 Å². The molecule has 1 N–H and O–H groups in total. The van der Waals surface area contributed by atoms with Crippen molar-refractivity contribution in [2.24, 2.45) is 10.1 Å². The van der Waals surface area contributed by atoms with Crippen molar-refractivity contribution in [2.75, 3.05) is 0 Å². The highest BCUT2D eigenvalue weighted by molar-refractivity contribution is 6.68. The van der Waals surface area contributed by atoms with Crippen LogP contribution in [0.3, 0.4) is 0 Å². The molecule has 1 aliphatic heterocycles. The number of nitrogens with zero attached hydrogens (tertiary/aromatic N) is 3. The van der Waals surface area contributed by atoms with Crippen LogP contribution in [0, 0.1) is 5.21 Å². The minimum Gasteiger partial charge on any atom is -0.622 e. The molecule has 1 fully saturated rings. The van der Waals surface area contributed by atoms with Gasteiger partial charge in [0.15, 0.2) is 5.71 Å². The highest BCUT2D eigenvalue weighted by Crippen LogP contribution is 2.24. The zero-order chi connectivity index (χ0) is 10.3. The Kier molecular flexibility index (Phi) is 1.83. The number of aliphatic imine (C=N–C) groups is 1. The van der Waals surface area contributed by atoms with Crippen molar-refractivity contribution in [1.29, 1.82) is 0 Å². The molecule has 0 atom stereocenters. The van der Waals surface area contributed by atoms with Crippen LogP contribution < -0.4 is 0 Å². The summed E-state index contributed by atoms with van der Waals surface area (Å²) in [5, 5.41) is 23.7. The van der Waals surface area contributed by atoms with E-state index in [0.717, 1.165) is 17.6 Å². The second-order valence-electron chi connectivity index (χ2n) is 4.10. The van der Waals surface area contributed by atoms with Crippen LogP contribution in [0.4, 0.5) is 0 Å². The van der Waals surface area contributed by atoms with Gasteiger partial charge in [-0.2, -0.15) is 4.74 Å². The molecule has 0 amide bonds. The largest absolute Gasteiger partial charge is 0.622 e. The van der Waals surface area contributed by atoms with E-state index in [9.17, 15) is 5.21 Å². The van der Waals surface area contributed by atoms with Gasteiger partial charge in [0.2, 0.25) is 5.71 Å². The standard InChI is InChI=1S/C9H13N3O2/c1-9(2)10-8-6(11-13)4-3-5-7(8)12(9)14/h13H,3-5H2,1-2H3/b11-6+. The third-order valence-electron chi connectivity index (χ3n) is 2.62. The van der Waals surface area contributed by atoms with Crippen LogP contribution >= 0.6 is 0 Å². The van der Waals surface area contributed by atoms with Gasteiger partial charge < -0.3 is 10.4 Å². The van der Waals surface area contributed by atoms with Gasteiger partial charge in [-0.3, -0.25) is 0 Å². The minimum absolute atomic E-state index is 0.540. The molecule has 5 heteroatoms. The molecular formula is C9H13N3O2. The van der Waals surface area contributed by atoms with Gasteiger partial charge in [0.1, 0.15) is 5.71 Å². The van der Waals surface area contributed by atoms with Crippen LogP contribution in [0.15, 0.2) is 10.1 Å². The van der Waals surface area contributed by atoms with E-state index in [4.69, 9.17) is 5.21 Å². The van der Waals surface area contributed by atoms with Crippen LogP contribution in [-0.4, -0.2) is 32.7 Å².